The van der Waals surface area contributed by atoms with Crippen LogP contribution in [0.5, 0.6) is 11.5 Å². The number of hydrogen-bond acceptors (Lipinski definition) is 7. The van der Waals surface area contributed by atoms with Crippen LogP contribution in [0.2, 0.25) is 0 Å². The number of rotatable bonds is 9. The number of carbonyl (C=O) groups excluding carboxylic acids is 2. The largest absolute Gasteiger partial charge is 0.493 e. The topological polar surface area (TPSA) is 65.1 Å². The molecular formula is C23H23NO5S2. The average Bonchev–Trinajstić information content (AvgIpc) is 3.02. The number of ether oxygens (including phenoxy) is 3. The molecule has 0 N–H and O–H groups in total. The molecule has 1 saturated heterocycles. The van der Waals surface area contributed by atoms with E-state index in [1.165, 1.54) is 10.5 Å². The molecule has 6 nitrogen and oxygen atoms in total. The Labute approximate surface area is 191 Å². The molecule has 0 aromatic heterocycles. The monoisotopic (exact) mass is 457 g/mol. The third kappa shape index (κ3) is 6.08. The summed E-state index contributed by atoms with van der Waals surface area (Å²) < 4.78 is 16.6. The molecule has 1 amide bonds. The first-order valence-electron chi connectivity index (χ1n) is 9.77. The number of thiocarbonyl (C=S) groups is 1. The first kappa shape index (κ1) is 22.8. The van der Waals surface area contributed by atoms with Crippen molar-refractivity contribution < 1.29 is 23.8 Å². The zero-order valence-corrected chi connectivity index (χ0v) is 19.0. The highest BCUT2D eigenvalue weighted by Gasteiger charge is 2.33. The SMILES string of the molecule is CCOC(=O)CN1C(=O)C(=Cc2ccc(OCCc3ccccc3)c(OC)c2)SC1=S. The molecule has 0 unspecified atom stereocenters. The van der Waals surface area contributed by atoms with Crippen LogP contribution in [0.4, 0.5) is 0 Å². The van der Waals surface area contributed by atoms with Gasteiger partial charge in [-0.1, -0.05) is 60.4 Å². The van der Waals surface area contributed by atoms with Gasteiger partial charge in [-0.25, -0.2) is 0 Å². The van der Waals surface area contributed by atoms with Crippen LogP contribution in [0.1, 0.15) is 18.1 Å². The maximum absolute atomic E-state index is 12.6. The first-order chi connectivity index (χ1) is 15.0. The molecule has 0 atom stereocenters. The average molecular weight is 458 g/mol. The summed E-state index contributed by atoms with van der Waals surface area (Å²) in [7, 11) is 1.57. The second-order valence-corrected chi connectivity index (χ2v) is 8.24. The van der Waals surface area contributed by atoms with Gasteiger partial charge in [0, 0.05) is 6.42 Å². The molecule has 1 heterocycles. The van der Waals surface area contributed by atoms with Gasteiger partial charge in [-0.3, -0.25) is 14.5 Å². The fourth-order valence-corrected chi connectivity index (χ4v) is 4.20. The van der Waals surface area contributed by atoms with Crippen LogP contribution in [0.25, 0.3) is 6.08 Å². The minimum atomic E-state index is -0.487. The quantitative estimate of drug-likeness (QED) is 0.319. The van der Waals surface area contributed by atoms with Crippen molar-refractivity contribution in [2.75, 3.05) is 26.9 Å². The van der Waals surface area contributed by atoms with E-state index in [2.05, 4.69) is 12.1 Å². The molecule has 162 valence electrons. The summed E-state index contributed by atoms with van der Waals surface area (Å²) >= 11 is 6.40. The van der Waals surface area contributed by atoms with Crippen molar-refractivity contribution in [3.05, 3.63) is 64.6 Å². The lowest BCUT2D eigenvalue weighted by Crippen LogP contribution is -2.34. The van der Waals surface area contributed by atoms with E-state index >= 15 is 0 Å². The highest BCUT2D eigenvalue weighted by molar-refractivity contribution is 8.26. The maximum Gasteiger partial charge on any atom is 0.326 e. The second-order valence-electron chi connectivity index (χ2n) is 6.57. The number of nitrogens with zero attached hydrogens (tertiary/aromatic N) is 1. The standard InChI is InChI=1S/C23H23NO5S2/c1-3-28-21(25)15-24-22(26)20(31-23(24)30)14-17-9-10-18(19(13-17)27-2)29-12-11-16-7-5-4-6-8-16/h4-10,13-14H,3,11-12,15H2,1-2H3. The lowest BCUT2D eigenvalue weighted by atomic mass is 10.1. The molecule has 0 radical (unpaired) electrons. The van der Waals surface area contributed by atoms with Gasteiger partial charge < -0.3 is 14.2 Å². The van der Waals surface area contributed by atoms with Gasteiger partial charge in [-0.05, 0) is 36.3 Å². The van der Waals surface area contributed by atoms with Crippen molar-refractivity contribution in [2.24, 2.45) is 0 Å². The van der Waals surface area contributed by atoms with Crippen molar-refractivity contribution in [2.45, 2.75) is 13.3 Å². The minimum Gasteiger partial charge on any atom is -0.493 e. The number of carbonyl (C=O) groups is 2. The van der Waals surface area contributed by atoms with E-state index in [4.69, 9.17) is 26.4 Å². The zero-order valence-electron chi connectivity index (χ0n) is 17.3. The van der Waals surface area contributed by atoms with Crippen molar-refractivity contribution in [3.63, 3.8) is 0 Å². The minimum absolute atomic E-state index is 0.187. The number of esters is 1. The smallest absolute Gasteiger partial charge is 0.326 e. The second kappa shape index (κ2) is 11.0. The van der Waals surface area contributed by atoms with Crippen LogP contribution in [0, 0.1) is 0 Å². The third-order valence-electron chi connectivity index (χ3n) is 4.44. The molecule has 0 saturated carbocycles. The summed E-state index contributed by atoms with van der Waals surface area (Å²) in [4.78, 5) is 26.1. The molecule has 0 aliphatic carbocycles. The molecule has 2 aromatic carbocycles. The van der Waals surface area contributed by atoms with Crippen LogP contribution in [-0.2, 0) is 20.7 Å². The molecule has 1 aliphatic rings. The Hall–Kier alpha value is -2.84. The third-order valence-corrected chi connectivity index (χ3v) is 5.82. The normalized spacial score (nSPS) is 14.8. The van der Waals surface area contributed by atoms with Crippen LogP contribution in [0.15, 0.2) is 53.4 Å². The van der Waals surface area contributed by atoms with Gasteiger partial charge in [0.05, 0.1) is 25.2 Å². The molecule has 1 aliphatic heterocycles. The summed E-state index contributed by atoms with van der Waals surface area (Å²) in [5, 5.41) is 0. The van der Waals surface area contributed by atoms with Gasteiger partial charge in [0.1, 0.15) is 10.9 Å². The van der Waals surface area contributed by atoms with E-state index in [1.54, 1.807) is 26.2 Å². The number of amides is 1. The predicted molar refractivity (Wildman–Crippen MR) is 125 cm³/mol. The van der Waals surface area contributed by atoms with E-state index in [0.717, 1.165) is 23.7 Å². The summed E-state index contributed by atoms with van der Waals surface area (Å²) in [5.74, 6) is 0.401. The summed E-state index contributed by atoms with van der Waals surface area (Å²) in [5.41, 5.74) is 1.96. The Morgan fingerprint density at radius 2 is 1.94 bits per heavy atom. The Bertz CT molecular complexity index is 991. The van der Waals surface area contributed by atoms with Crippen molar-refractivity contribution in [1.29, 1.82) is 0 Å². The molecule has 3 rings (SSSR count). The Kier molecular flexibility index (Phi) is 8.08. The van der Waals surface area contributed by atoms with Crippen LogP contribution in [0.3, 0.4) is 0 Å². The lowest BCUT2D eigenvalue weighted by Gasteiger charge is -2.13. The van der Waals surface area contributed by atoms with E-state index < -0.39 is 5.97 Å². The molecule has 2 aromatic rings. The molecular weight excluding hydrogens is 434 g/mol. The van der Waals surface area contributed by atoms with Gasteiger partial charge in [0.25, 0.3) is 5.91 Å². The molecule has 8 heteroatoms. The number of thioether (sulfide) groups is 1. The first-order valence-corrected chi connectivity index (χ1v) is 11.0. The van der Waals surface area contributed by atoms with Gasteiger partial charge in [0.15, 0.2) is 11.5 Å². The molecule has 0 bridgehead atoms. The summed E-state index contributed by atoms with van der Waals surface area (Å²) in [6.45, 7) is 2.30. The Balaban J connectivity index is 1.67. The zero-order chi connectivity index (χ0) is 22.2. The van der Waals surface area contributed by atoms with Gasteiger partial charge in [-0.15, -0.1) is 0 Å². The molecule has 31 heavy (non-hydrogen) atoms. The van der Waals surface area contributed by atoms with Crippen molar-refractivity contribution in [3.8, 4) is 11.5 Å². The molecule has 1 fully saturated rings. The van der Waals surface area contributed by atoms with Crippen LogP contribution < -0.4 is 9.47 Å². The van der Waals surface area contributed by atoms with Crippen molar-refractivity contribution >= 4 is 46.3 Å². The summed E-state index contributed by atoms with van der Waals surface area (Å²) in [6.07, 6.45) is 2.51. The summed E-state index contributed by atoms with van der Waals surface area (Å²) in [6, 6.07) is 15.6. The van der Waals surface area contributed by atoms with Gasteiger partial charge in [-0.2, -0.15) is 0 Å². The number of benzene rings is 2. The van der Waals surface area contributed by atoms with Gasteiger partial charge >= 0.3 is 5.97 Å². The van der Waals surface area contributed by atoms with Crippen molar-refractivity contribution in [1.82, 2.24) is 4.90 Å². The Morgan fingerprint density at radius 3 is 2.65 bits per heavy atom. The predicted octanol–water partition coefficient (Wildman–Crippen LogP) is 4.08. The highest BCUT2D eigenvalue weighted by atomic mass is 32.2. The Morgan fingerprint density at radius 1 is 1.16 bits per heavy atom. The van der Waals surface area contributed by atoms with E-state index in [9.17, 15) is 9.59 Å². The van der Waals surface area contributed by atoms with Crippen LogP contribution in [-0.4, -0.2) is 48.0 Å². The fraction of sp³-hybridized carbons (Fsp3) is 0.261. The fourth-order valence-electron chi connectivity index (χ4n) is 2.94. The van der Waals surface area contributed by atoms with E-state index in [-0.39, 0.29) is 19.1 Å². The van der Waals surface area contributed by atoms with Crippen LogP contribution >= 0.6 is 24.0 Å². The van der Waals surface area contributed by atoms with E-state index in [1.807, 2.05) is 30.3 Å². The van der Waals surface area contributed by atoms with E-state index in [0.29, 0.717) is 27.3 Å². The number of methoxy groups -OCH3 is 1. The van der Waals surface area contributed by atoms with Gasteiger partial charge in [0.2, 0.25) is 0 Å². The highest BCUT2D eigenvalue weighted by Crippen LogP contribution is 2.34. The maximum atomic E-state index is 12.6. The number of hydrogen-bond donors (Lipinski definition) is 0. The lowest BCUT2D eigenvalue weighted by molar-refractivity contribution is -0.145. The molecule has 0 spiro atoms.